The highest BCUT2D eigenvalue weighted by molar-refractivity contribution is 6.36. The zero-order valence-corrected chi connectivity index (χ0v) is 9.80. The van der Waals surface area contributed by atoms with Crippen molar-refractivity contribution in [3.8, 4) is 11.4 Å². The van der Waals surface area contributed by atoms with Crippen LogP contribution in [0.2, 0.25) is 5.02 Å². The van der Waals surface area contributed by atoms with Gasteiger partial charge in [-0.25, -0.2) is 0 Å². The zero-order chi connectivity index (χ0) is 11.4. The van der Waals surface area contributed by atoms with Crippen LogP contribution in [0.3, 0.4) is 0 Å². The van der Waals surface area contributed by atoms with E-state index in [1.165, 1.54) is 11.1 Å². The van der Waals surface area contributed by atoms with Crippen LogP contribution >= 0.6 is 11.6 Å². The van der Waals surface area contributed by atoms with Gasteiger partial charge in [-0.05, 0) is 36.1 Å². The first kappa shape index (κ1) is 9.31. The minimum Gasteiger partial charge on any atom is -0.353 e. The lowest BCUT2D eigenvalue weighted by Gasteiger charge is -2.10. The van der Waals surface area contributed by atoms with E-state index in [0.29, 0.717) is 0 Å². The molecule has 1 aliphatic rings. The summed E-state index contributed by atoms with van der Waals surface area (Å²) in [5.74, 6) is 0. The molecule has 0 spiro atoms. The van der Waals surface area contributed by atoms with Crippen molar-refractivity contribution in [2.45, 2.75) is 12.8 Å². The third kappa shape index (κ3) is 1.15. The molecule has 0 saturated heterocycles. The number of halogens is 1. The molecular formula is C13H10ClN3. The summed E-state index contributed by atoms with van der Waals surface area (Å²) in [7, 11) is 0. The molecule has 2 N–H and O–H groups in total. The first-order chi connectivity index (χ1) is 8.34. The molecule has 0 radical (unpaired) electrons. The third-order valence-corrected chi connectivity index (χ3v) is 3.79. The largest absolute Gasteiger partial charge is 0.353 e. The van der Waals surface area contributed by atoms with Crippen LogP contribution in [0.1, 0.15) is 11.1 Å². The molecule has 0 fully saturated rings. The average molecular weight is 244 g/mol. The van der Waals surface area contributed by atoms with Gasteiger partial charge in [0.05, 0.1) is 10.7 Å². The van der Waals surface area contributed by atoms with Crippen molar-refractivity contribution in [3.63, 3.8) is 0 Å². The molecule has 0 unspecified atom stereocenters. The molecule has 0 atom stereocenters. The summed E-state index contributed by atoms with van der Waals surface area (Å²) < 4.78 is 0. The third-order valence-electron chi connectivity index (χ3n) is 3.48. The van der Waals surface area contributed by atoms with Gasteiger partial charge >= 0.3 is 0 Å². The van der Waals surface area contributed by atoms with Gasteiger partial charge in [0.2, 0.25) is 0 Å². The number of aryl methyl sites for hydroxylation is 2. The Morgan fingerprint density at radius 1 is 1.24 bits per heavy atom. The standard InChI is InChI=1S/C13H10ClN3/c14-9-2-1-3-10-11(9)8-5-4-7-6-15-17-12(7)13(8)16-10/h1-3,6,16H,4-5H2,(H,15,17). The minimum absolute atomic E-state index is 0.819. The number of hydrogen-bond acceptors (Lipinski definition) is 1. The predicted octanol–water partition coefficient (Wildman–Crippen LogP) is 3.31. The molecule has 4 heteroatoms. The lowest BCUT2D eigenvalue weighted by Crippen LogP contribution is -2.00. The number of nitrogens with one attached hydrogen (secondary N) is 2. The first-order valence-corrected chi connectivity index (χ1v) is 6.04. The number of fused-ring (bicyclic) bond motifs is 5. The Balaban J connectivity index is 2.14. The zero-order valence-electron chi connectivity index (χ0n) is 9.05. The van der Waals surface area contributed by atoms with Crippen LogP contribution in [0.15, 0.2) is 24.4 Å². The molecule has 3 nitrogen and oxygen atoms in total. The van der Waals surface area contributed by atoms with Crippen molar-refractivity contribution in [2.75, 3.05) is 0 Å². The molecule has 1 aliphatic carbocycles. The first-order valence-electron chi connectivity index (χ1n) is 5.66. The number of aromatic amines is 2. The molecule has 2 aromatic heterocycles. The maximum Gasteiger partial charge on any atom is 0.112 e. The summed E-state index contributed by atoms with van der Waals surface area (Å²) in [5, 5.41) is 9.23. The number of benzene rings is 1. The van der Waals surface area contributed by atoms with E-state index in [0.717, 1.165) is 40.2 Å². The van der Waals surface area contributed by atoms with Crippen LogP contribution in [0.4, 0.5) is 0 Å². The summed E-state index contributed by atoms with van der Waals surface area (Å²) in [6, 6.07) is 5.97. The molecule has 3 aromatic rings. The molecule has 0 amide bonds. The number of H-pyrrole nitrogens is 2. The van der Waals surface area contributed by atoms with Crippen molar-refractivity contribution in [1.82, 2.24) is 15.2 Å². The molecule has 4 rings (SSSR count). The Kier molecular flexibility index (Phi) is 1.72. The van der Waals surface area contributed by atoms with Crippen molar-refractivity contribution in [2.24, 2.45) is 0 Å². The van der Waals surface area contributed by atoms with Crippen LogP contribution in [0, 0.1) is 0 Å². The van der Waals surface area contributed by atoms with E-state index in [9.17, 15) is 0 Å². The van der Waals surface area contributed by atoms with Crippen LogP contribution in [-0.2, 0) is 12.8 Å². The van der Waals surface area contributed by atoms with Crippen molar-refractivity contribution in [1.29, 1.82) is 0 Å². The van der Waals surface area contributed by atoms with Crippen LogP contribution < -0.4 is 0 Å². The van der Waals surface area contributed by atoms with E-state index in [2.05, 4.69) is 21.2 Å². The van der Waals surface area contributed by atoms with Crippen LogP contribution in [-0.4, -0.2) is 15.2 Å². The maximum absolute atomic E-state index is 6.29. The SMILES string of the molecule is Clc1cccc2[nH]c3c(c12)CCc1c[nH]nc1-3. The van der Waals surface area contributed by atoms with Gasteiger partial charge in [-0.15, -0.1) is 0 Å². The number of aromatic nitrogens is 3. The quantitative estimate of drug-likeness (QED) is 0.625. The fourth-order valence-electron chi connectivity index (χ4n) is 2.70. The lowest BCUT2D eigenvalue weighted by atomic mass is 9.94. The second-order valence-electron chi connectivity index (χ2n) is 4.40. The molecule has 0 saturated carbocycles. The molecule has 0 aliphatic heterocycles. The minimum atomic E-state index is 0.819. The van der Waals surface area contributed by atoms with E-state index in [1.807, 2.05) is 18.3 Å². The van der Waals surface area contributed by atoms with Crippen LogP contribution in [0.5, 0.6) is 0 Å². The fraction of sp³-hybridized carbons (Fsp3) is 0.154. The van der Waals surface area contributed by atoms with E-state index in [4.69, 9.17) is 11.6 Å². The average Bonchev–Trinajstić information content (AvgIpc) is 2.91. The summed E-state index contributed by atoms with van der Waals surface area (Å²) in [4.78, 5) is 3.43. The van der Waals surface area contributed by atoms with Crippen LogP contribution in [0.25, 0.3) is 22.3 Å². The summed E-state index contributed by atoms with van der Waals surface area (Å²) in [6.45, 7) is 0. The fourth-order valence-corrected chi connectivity index (χ4v) is 2.99. The van der Waals surface area contributed by atoms with Gasteiger partial charge in [0, 0.05) is 17.1 Å². The van der Waals surface area contributed by atoms with E-state index in [-0.39, 0.29) is 0 Å². The Hall–Kier alpha value is -1.74. The number of nitrogens with zero attached hydrogens (tertiary/aromatic N) is 1. The van der Waals surface area contributed by atoms with Crippen molar-refractivity contribution in [3.05, 3.63) is 40.5 Å². The Labute approximate surface area is 103 Å². The second kappa shape index (κ2) is 3.14. The topological polar surface area (TPSA) is 44.5 Å². The molecule has 0 bridgehead atoms. The monoisotopic (exact) mass is 243 g/mol. The summed E-state index contributed by atoms with van der Waals surface area (Å²) >= 11 is 6.29. The smallest absolute Gasteiger partial charge is 0.112 e. The van der Waals surface area contributed by atoms with Gasteiger partial charge in [0.1, 0.15) is 5.69 Å². The van der Waals surface area contributed by atoms with Crippen molar-refractivity contribution >= 4 is 22.5 Å². The Bertz CT molecular complexity index is 723. The molecule has 17 heavy (non-hydrogen) atoms. The Morgan fingerprint density at radius 2 is 2.18 bits per heavy atom. The second-order valence-corrected chi connectivity index (χ2v) is 4.81. The summed E-state index contributed by atoms with van der Waals surface area (Å²) in [5.41, 5.74) is 5.83. The van der Waals surface area contributed by atoms with E-state index < -0.39 is 0 Å². The van der Waals surface area contributed by atoms with Gasteiger partial charge in [-0.2, -0.15) is 5.10 Å². The summed E-state index contributed by atoms with van der Waals surface area (Å²) in [6.07, 6.45) is 4.02. The number of rotatable bonds is 0. The highest BCUT2D eigenvalue weighted by atomic mass is 35.5. The lowest BCUT2D eigenvalue weighted by molar-refractivity contribution is 0.947. The van der Waals surface area contributed by atoms with Crippen molar-refractivity contribution < 1.29 is 0 Å². The van der Waals surface area contributed by atoms with Gasteiger partial charge < -0.3 is 4.98 Å². The van der Waals surface area contributed by atoms with E-state index in [1.54, 1.807) is 0 Å². The molecular weight excluding hydrogens is 234 g/mol. The Morgan fingerprint density at radius 3 is 3.12 bits per heavy atom. The predicted molar refractivity (Wildman–Crippen MR) is 68.3 cm³/mol. The van der Waals surface area contributed by atoms with Gasteiger partial charge in [-0.1, -0.05) is 17.7 Å². The normalized spacial score (nSPS) is 13.7. The van der Waals surface area contributed by atoms with Gasteiger partial charge in [0.25, 0.3) is 0 Å². The molecule has 84 valence electrons. The highest BCUT2D eigenvalue weighted by Gasteiger charge is 2.23. The molecule has 2 heterocycles. The van der Waals surface area contributed by atoms with E-state index >= 15 is 0 Å². The van der Waals surface area contributed by atoms with Gasteiger partial charge in [-0.3, -0.25) is 5.10 Å². The van der Waals surface area contributed by atoms with Gasteiger partial charge in [0.15, 0.2) is 0 Å². The molecule has 1 aromatic carbocycles. The number of hydrogen-bond donors (Lipinski definition) is 2. The maximum atomic E-state index is 6.29. The highest BCUT2D eigenvalue weighted by Crippen LogP contribution is 2.38.